The monoisotopic (exact) mass is 234 g/mol. The molecule has 0 amide bonds. The van der Waals surface area contributed by atoms with Crippen LogP contribution < -0.4 is 16.1 Å². The van der Waals surface area contributed by atoms with Crippen LogP contribution in [0.25, 0.3) is 10.9 Å². The van der Waals surface area contributed by atoms with Crippen molar-refractivity contribution in [2.45, 2.75) is 12.6 Å². The van der Waals surface area contributed by atoms with Crippen LogP contribution in [0.1, 0.15) is 6.42 Å². The minimum atomic E-state index is -0.930. The van der Waals surface area contributed by atoms with Gasteiger partial charge in [0.2, 0.25) is 0 Å². The summed E-state index contributed by atoms with van der Waals surface area (Å²) in [6.45, 7) is 0.186. The Morgan fingerprint density at radius 1 is 1.29 bits per heavy atom. The summed E-state index contributed by atoms with van der Waals surface area (Å²) in [5.41, 5.74) is 5.66. The fraction of sp³-hybridized carbons (Fsp3) is 0.250. The average molecular weight is 234 g/mol. The van der Waals surface area contributed by atoms with E-state index in [2.05, 4.69) is 0 Å². The van der Waals surface area contributed by atoms with E-state index in [1.807, 2.05) is 18.2 Å². The summed E-state index contributed by atoms with van der Waals surface area (Å²) in [7, 11) is 0. The number of hydrogen-bond donors (Lipinski definition) is 2. The van der Waals surface area contributed by atoms with Gasteiger partial charge in [-0.3, -0.25) is 4.79 Å². The van der Waals surface area contributed by atoms with Crippen LogP contribution in [0, 0.1) is 0 Å². The summed E-state index contributed by atoms with van der Waals surface area (Å²) in [4.78, 5) is 17.0. The van der Waals surface area contributed by atoms with Crippen LogP contribution in [-0.2, 0) is 0 Å². The lowest BCUT2D eigenvalue weighted by Crippen LogP contribution is -2.30. The highest BCUT2D eigenvalue weighted by atomic mass is 16.7. The molecule has 0 bridgehead atoms. The van der Waals surface area contributed by atoms with E-state index in [4.69, 9.17) is 15.7 Å². The number of aliphatic hydroxyl groups excluding tert-OH is 1. The Morgan fingerprint density at radius 2 is 2.06 bits per heavy atom. The first-order valence-corrected chi connectivity index (χ1v) is 5.36. The molecule has 0 saturated heterocycles. The van der Waals surface area contributed by atoms with Gasteiger partial charge in [0.25, 0.3) is 5.56 Å². The third-order valence-corrected chi connectivity index (χ3v) is 2.40. The van der Waals surface area contributed by atoms with Crippen LogP contribution in [0.15, 0.2) is 41.2 Å². The molecule has 1 aromatic carbocycles. The van der Waals surface area contributed by atoms with E-state index >= 15 is 0 Å². The Bertz CT molecular complexity index is 563. The number of fused-ring (bicyclic) bond motifs is 1. The first kappa shape index (κ1) is 11.6. The highest BCUT2D eigenvalue weighted by Gasteiger charge is 2.03. The molecule has 1 aromatic heterocycles. The lowest BCUT2D eigenvalue weighted by molar-refractivity contribution is 0.0726. The SMILES string of the molecule is NC(O)CCOn1c(=O)ccc2ccccc21. The number of aliphatic hydroxyl groups is 1. The first-order chi connectivity index (χ1) is 8.18. The van der Waals surface area contributed by atoms with Crippen LogP contribution in [0.4, 0.5) is 0 Å². The van der Waals surface area contributed by atoms with Crippen LogP contribution in [0.2, 0.25) is 0 Å². The van der Waals surface area contributed by atoms with Crippen molar-refractivity contribution in [3.63, 3.8) is 0 Å². The number of nitrogens with two attached hydrogens (primary N) is 1. The molecule has 90 valence electrons. The largest absolute Gasteiger partial charge is 0.410 e. The molecule has 1 atom stereocenters. The average Bonchev–Trinajstić information content (AvgIpc) is 2.32. The second-order valence-electron chi connectivity index (χ2n) is 3.71. The zero-order valence-corrected chi connectivity index (χ0v) is 9.24. The van der Waals surface area contributed by atoms with Crippen molar-refractivity contribution < 1.29 is 9.94 Å². The van der Waals surface area contributed by atoms with Gasteiger partial charge < -0.3 is 15.7 Å². The molecular weight excluding hydrogens is 220 g/mol. The summed E-state index contributed by atoms with van der Waals surface area (Å²) in [6.07, 6.45) is -0.656. The topological polar surface area (TPSA) is 77.5 Å². The van der Waals surface area contributed by atoms with Gasteiger partial charge in [-0.15, -0.1) is 4.73 Å². The second kappa shape index (κ2) is 4.99. The number of rotatable bonds is 4. The van der Waals surface area contributed by atoms with Gasteiger partial charge in [0.1, 0.15) is 12.8 Å². The second-order valence-corrected chi connectivity index (χ2v) is 3.71. The van der Waals surface area contributed by atoms with Crippen molar-refractivity contribution in [3.8, 4) is 0 Å². The maximum Gasteiger partial charge on any atom is 0.283 e. The maximum absolute atomic E-state index is 11.7. The van der Waals surface area contributed by atoms with Gasteiger partial charge in [0.15, 0.2) is 0 Å². The molecule has 2 rings (SSSR count). The fourth-order valence-corrected chi connectivity index (χ4v) is 1.56. The normalized spacial score (nSPS) is 12.6. The number of hydrogen-bond acceptors (Lipinski definition) is 4. The lowest BCUT2D eigenvalue weighted by atomic mass is 10.2. The molecule has 3 N–H and O–H groups in total. The van der Waals surface area contributed by atoms with Crippen molar-refractivity contribution in [1.29, 1.82) is 0 Å². The highest BCUT2D eigenvalue weighted by Crippen LogP contribution is 2.09. The molecule has 0 saturated carbocycles. The molecule has 1 unspecified atom stereocenters. The molecule has 17 heavy (non-hydrogen) atoms. The van der Waals surface area contributed by atoms with E-state index < -0.39 is 6.23 Å². The summed E-state index contributed by atoms with van der Waals surface area (Å²) in [5, 5.41) is 9.84. The van der Waals surface area contributed by atoms with Gasteiger partial charge in [-0.05, 0) is 12.1 Å². The van der Waals surface area contributed by atoms with Gasteiger partial charge in [-0.1, -0.05) is 18.2 Å². The predicted octanol–water partition coefficient (Wildman–Crippen LogP) is 0.0973. The number of para-hydroxylation sites is 1. The summed E-state index contributed by atoms with van der Waals surface area (Å²) < 4.78 is 1.22. The molecule has 0 fully saturated rings. The Labute approximate surface area is 98.0 Å². The fourth-order valence-electron chi connectivity index (χ4n) is 1.56. The Balaban J connectivity index is 2.31. The van der Waals surface area contributed by atoms with E-state index in [0.717, 1.165) is 5.39 Å². The van der Waals surface area contributed by atoms with E-state index in [1.54, 1.807) is 12.1 Å². The number of aromatic nitrogens is 1. The van der Waals surface area contributed by atoms with E-state index in [1.165, 1.54) is 10.8 Å². The quantitative estimate of drug-likeness (QED) is 0.735. The Morgan fingerprint density at radius 3 is 2.82 bits per heavy atom. The van der Waals surface area contributed by atoms with Crippen molar-refractivity contribution in [2.75, 3.05) is 6.61 Å². The molecule has 0 aliphatic rings. The van der Waals surface area contributed by atoms with Crippen molar-refractivity contribution in [1.82, 2.24) is 4.73 Å². The molecule has 0 aliphatic heterocycles. The molecular formula is C12H14N2O3. The Hall–Kier alpha value is -1.85. The van der Waals surface area contributed by atoms with Gasteiger partial charge in [-0.25, -0.2) is 0 Å². The number of benzene rings is 1. The Kier molecular flexibility index (Phi) is 3.41. The van der Waals surface area contributed by atoms with E-state index in [-0.39, 0.29) is 18.6 Å². The standard InChI is InChI=1S/C12H14N2O3/c13-11(15)7-8-17-14-10-4-2-1-3-9(10)5-6-12(14)16/h1-6,11,15H,7-8,13H2. The van der Waals surface area contributed by atoms with Crippen molar-refractivity contribution in [2.24, 2.45) is 5.73 Å². The third-order valence-electron chi connectivity index (χ3n) is 2.40. The van der Waals surface area contributed by atoms with Gasteiger partial charge >= 0.3 is 0 Å². The zero-order valence-electron chi connectivity index (χ0n) is 9.24. The van der Waals surface area contributed by atoms with Crippen LogP contribution >= 0.6 is 0 Å². The zero-order chi connectivity index (χ0) is 12.3. The summed E-state index contributed by atoms with van der Waals surface area (Å²) in [6, 6.07) is 10.6. The summed E-state index contributed by atoms with van der Waals surface area (Å²) >= 11 is 0. The number of nitrogens with zero attached hydrogens (tertiary/aromatic N) is 1. The minimum Gasteiger partial charge on any atom is -0.410 e. The smallest absolute Gasteiger partial charge is 0.283 e. The highest BCUT2D eigenvalue weighted by molar-refractivity contribution is 5.78. The van der Waals surface area contributed by atoms with Crippen LogP contribution in [0.5, 0.6) is 0 Å². The van der Waals surface area contributed by atoms with Gasteiger partial charge in [0.05, 0.1) is 5.52 Å². The third kappa shape index (κ3) is 2.64. The van der Waals surface area contributed by atoms with E-state index in [0.29, 0.717) is 5.52 Å². The van der Waals surface area contributed by atoms with Crippen LogP contribution in [0.3, 0.4) is 0 Å². The van der Waals surface area contributed by atoms with Gasteiger partial charge in [0, 0.05) is 17.9 Å². The van der Waals surface area contributed by atoms with Crippen LogP contribution in [-0.4, -0.2) is 22.7 Å². The molecule has 2 aromatic rings. The van der Waals surface area contributed by atoms with Crippen molar-refractivity contribution in [3.05, 3.63) is 46.8 Å². The van der Waals surface area contributed by atoms with Gasteiger partial charge in [-0.2, -0.15) is 0 Å². The molecule has 5 nitrogen and oxygen atoms in total. The van der Waals surface area contributed by atoms with E-state index in [9.17, 15) is 4.79 Å². The molecule has 0 spiro atoms. The maximum atomic E-state index is 11.7. The first-order valence-electron chi connectivity index (χ1n) is 5.36. The number of pyridine rings is 1. The summed E-state index contributed by atoms with van der Waals surface area (Å²) in [5.74, 6) is 0. The predicted molar refractivity (Wildman–Crippen MR) is 64.5 cm³/mol. The molecule has 0 aliphatic carbocycles. The minimum absolute atomic E-state index is 0.186. The molecule has 0 radical (unpaired) electrons. The molecule has 5 heteroatoms. The lowest BCUT2D eigenvalue weighted by Gasteiger charge is -2.11. The molecule has 1 heterocycles. The van der Waals surface area contributed by atoms with Crippen molar-refractivity contribution >= 4 is 10.9 Å².